The number of hydrogen-bond acceptors (Lipinski definition) is 3. The zero-order valence-corrected chi connectivity index (χ0v) is 10.4. The third-order valence-electron chi connectivity index (χ3n) is 2.45. The summed E-state index contributed by atoms with van der Waals surface area (Å²) < 4.78 is 25.4. The van der Waals surface area contributed by atoms with E-state index in [0.29, 0.717) is 6.54 Å². The molecule has 15 heavy (non-hydrogen) atoms. The largest absolute Gasteiger partial charge is 0.313 e. The number of hydrogen-bond donors (Lipinski definition) is 2. The van der Waals surface area contributed by atoms with E-state index in [1.54, 1.807) is 20.8 Å². The van der Waals surface area contributed by atoms with Crippen molar-refractivity contribution in [2.75, 3.05) is 19.6 Å². The van der Waals surface area contributed by atoms with E-state index in [1.807, 2.05) is 0 Å². The van der Waals surface area contributed by atoms with Gasteiger partial charge in [0.2, 0.25) is 10.0 Å². The molecule has 0 unspecified atom stereocenters. The topological polar surface area (TPSA) is 58.2 Å². The molecule has 0 fully saturated rings. The standard InChI is InChI=1S/C10H20N2O2S/c1-10(2,3)15(13,14)12-8-9-4-6-11-7-5-9/h4,11-12H,5-8H2,1-3H3. The summed E-state index contributed by atoms with van der Waals surface area (Å²) in [5, 5.41) is 3.19. The maximum Gasteiger partial charge on any atom is 0.216 e. The quantitative estimate of drug-likeness (QED) is 0.702. The van der Waals surface area contributed by atoms with Gasteiger partial charge in [-0.2, -0.15) is 0 Å². The molecule has 1 rings (SSSR count). The van der Waals surface area contributed by atoms with Gasteiger partial charge in [-0.3, -0.25) is 0 Å². The van der Waals surface area contributed by atoms with Crippen molar-refractivity contribution >= 4 is 10.0 Å². The molecule has 4 nitrogen and oxygen atoms in total. The minimum absolute atomic E-state index is 0.446. The second-order valence-corrected chi connectivity index (χ2v) is 7.27. The van der Waals surface area contributed by atoms with E-state index < -0.39 is 14.8 Å². The van der Waals surface area contributed by atoms with Crippen LogP contribution in [0, 0.1) is 0 Å². The predicted molar refractivity (Wildman–Crippen MR) is 62.2 cm³/mol. The molecule has 0 saturated carbocycles. The van der Waals surface area contributed by atoms with Gasteiger partial charge in [-0.15, -0.1) is 0 Å². The average Bonchev–Trinajstić information content (AvgIpc) is 2.15. The number of rotatable bonds is 3. The maximum absolute atomic E-state index is 11.7. The van der Waals surface area contributed by atoms with Gasteiger partial charge in [0.25, 0.3) is 0 Å². The first-order chi connectivity index (χ1) is 6.83. The van der Waals surface area contributed by atoms with Gasteiger partial charge >= 0.3 is 0 Å². The van der Waals surface area contributed by atoms with Gasteiger partial charge in [0.05, 0.1) is 4.75 Å². The Kier molecular flexibility index (Phi) is 3.92. The van der Waals surface area contributed by atoms with Crippen LogP contribution in [0.5, 0.6) is 0 Å². The molecular formula is C10H20N2O2S. The molecule has 0 spiro atoms. The summed E-state index contributed by atoms with van der Waals surface area (Å²) in [7, 11) is -3.21. The summed E-state index contributed by atoms with van der Waals surface area (Å²) in [5.41, 5.74) is 1.17. The van der Waals surface area contributed by atoms with Crippen molar-refractivity contribution in [1.82, 2.24) is 10.0 Å². The Labute approximate surface area is 92.2 Å². The molecule has 0 aromatic carbocycles. The van der Waals surface area contributed by atoms with Crippen molar-refractivity contribution in [2.45, 2.75) is 31.9 Å². The lowest BCUT2D eigenvalue weighted by Gasteiger charge is -2.21. The van der Waals surface area contributed by atoms with Gasteiger partial charge in [-0.1, -0.05) is 11.6 Å². The molecule has 0 aliphatic carbocycles. The van der Waals surface area contributed by atoms with Crippen LogP contribution in [-0.4, -0.2) is 32.8 Å². The lowest BCUT2D eigenvalue weighted by atomic mass is 10.1. The molecule has 2 N–H and O–H groups in total. The van der Waals surface area contributed by atoms with Crippen LogP contribution >= 0.6 is 0 Å². The molecule has 1 aliphatic heterocycles. The van der Waals surface area contributed by atoms with Gasteiger partial charge in [-0.25, -0.2) is 13.1 Å². The maximum atomic E-state index is 11.7. The normalized spacial score (nSPS) is 18.7. The van der Waals surface area contributed by atoms with E-state index in [-0.39, 0.29) is 0 Å². The molecule has 0 aromatic rings. The van der Waals surface area contributed by atoms with Gasteiger partial charge in [-0.05, 0) is 33.7 Å². The molecular weight excluding hydrogens is 212 g/mol. The van der Waals surface area contributed by atoms with Crippen molar-refractivity contribution in [3.63, 3.8) is 0 Å². The summed E-state index contributed by atoms with van der Waals surface area (Å²) >= 11 is 0. The molecule has 0 atom stereocenters. The first-order valence-corrected chi connectivity index (χ1v) is 6.69. The summed E-state index contributed by atoms with van der Waals surface area (Å²) in [6.07, 6.45) is 2.97. The fourth-order valence-corrected chi connectivity index (χ4v) is 2.04. The van der Waals surface area contributed by atoms with Crippen LogP contribution in [0.4, 0.5) is 0 Å². The predicted octanol–water partition coefficient (Wildman–Crippen LogP) is 0.624. The molecule has 88 valence electrons. The van der Waals surface area contributed by atoms with E-state index >= 15 is 0 Å². The summed E-state index contributed by atoms with van der Waals surface area (Å²) in [6, 6.07) is 0. The summed E-state index contributed by atoms with van der Waals surface area (Å²) in [4.78, 5) is 0. The fourth-order valence-electron chi connectivity index (χ4n) is 1.23. The highest BCUT2D eigenvalue weighted by atomic mass is 32.2. The zero-order valence-electron chi connectivity index (χ0n) is 9.63. The van der Waals surface area contributed by atoms with Crippen molar-refractivity contribution < 1.29 is 8.42 Å². The van der Waals surface area contributed by atoms with Crippen molar-refractivity contribution in [1.29, 1.82) is 0 Å². The molecule has 0 radical (unpaired) electrons. The van der Waals surface area contributed by atoms with E-state index in [0.717, 1.165) is 19.5 Å². The Hall–Kier alpha value is -0.390. The molecule has 5 heteroatoms. The Bertz CT molecular complexity index is 339. The van der Waals surface area contributed by atoms with Crippen molar-refractivity contribution in [2.24, 2.45) is 0 Å². The van der Waals surface area contributed by atoms with E-state index in [2.05, 4.69) is 16.1 Å². The molecule has 1 aliphatic rings. The SMILES string of the molecule is CC(C)(C)S(=O)(=O)NCC1=CCNCC1. The molecule has 0 bridgehead atoms. The zero-order chi connectivity index (χ0) is 11.5. The Balaban J connectivity index is 2.53. The van der Waals surface area contributed by atoms with Gasteiger partial charge in [0.15, 0.2) is 0 Å². The highest BCUT2D eigenvalue weighted by Crippen LogP contribution is 2.13. The number of nitrogens with one attached hydrogen (secondary N) is 2. The monoisotopic (exact) mass is 232 g/mol. The number of sulfonamides is 1. The molecule has 0 saturated heterocycles. The summed E-state index contributed by atoms with van der Waals surface area (Å²) in [6.45, 7) is 7.32. The Morgan fingerprint density at radius 2 is 2.13 bits per heavy atom. The summed E-state index contributed by atoms with van der Waals surface area (Å²) in [5.74, 6) is 0. The van der Waals surface area contributed by atoms with E-state index in [1.165, 1.54) is 5.57 Å². The third-order valence-corrected chi connectivity index (χ3v) is 4.59. The lowest BCUT2D eigenvalue weighted by molar-refractivity contribution is 0.546. The second-order valence-electron chi connectivity index (χ2n) is 4.75. The first-order valence-electron chi connectivity index (χ1n) is 5.21. The smallest absolute Gasteiger partial charge is 0.216 e. The lowest BCUT2D eigenvalue weighted by Crippen LogP contribution is -2.40. The first kappa shape index (κ1) is 12.7. The van der Waals surface area contributed by atoms with Gasteiger partial charge in [0, 0.05) is 13.1 Å². The second kappa shape index (κ2) is 4.63. The minimum atomic E-state index is -3.21. The van der Waals surface area contributed by atoms with Gasteiger partial charge in [0.1, 0.15) is 0 Å². The highest BCUT2D eigenvalue weighted by Gasteiger charge is 2.28. The highest BCUT2D eigenvalue weighted by molar-refractivity contribution is 7.90. The minimum Gasteiger partial charge on any atom is -0.313 e. The van der Waals surface area contributed by atoms with Crippen LogP contribution in [0.3, 0.4) is 0 Å². The van der Waals surface area contributed by atoms with E-state index in [4.69, 9.17) is 0 Å². The Morgan fingerprint density at radius 3 is 2.60 bits per heavy atom. The van der Waals surface area contributed by atoms with Crippen molar-refractivity contribution in [3.05, 3.63) is 11.6 Å². The molecule has 0 amide bonds. The van der Waals surface area contributed by atoms with Crippen LogP contribution in [0.2, 0.25) is 0 Å². The average molecular weight is 232 g/mol. The van der Waals surface area contributed by atoms with E-state index in [9.17, 15) is 8.42 Å². The van der Waals surface area contributed by atoms with Gasteiger partial charge < -0.3 is 5.32 Å². The third kappa shape index (κ3) is 3.59. The molecule has 1 heterocycles. The van der Waals surface area contributed by atoms with Crippen LogP contribution in [0.25, 0.3) is 0 Å². The fraction of sp³-hybridized carbons (Fsp3) is 0.800. The Morgan fingerprint density at radius 1 is 1.47 bits per heavy atom. The molecule has 0 aromatic heterocycles. The van der Waals surface area contributed by atoms with Crippen LogP contribution in [0.1, 0.15) is 27.2 Å². The van der Waals surface area contributed by atoms with Crippen LogP contribution in [0.15, 0.2) is 11.6 Å². The van der Waals surface area contributed by atoms with Crippen LogP contribution < -0.4 is 10.0 Å². The van der Waals surface area contributed by atoms with Crippen LogP contribution in [-0.2, 0) is 10.0 Å². The van der Waals surface area contributed by atoms with Crippen molar-refractivity contribution in [3.8, 4) is 0 Å².